The fourth-order valence-electron chi connectivity index (χ4n) is 2.94. The van der Waals surface area contributed by atoms with Crippen LogP contribution < -0.4 is 5.73 Å². The van der Waals surface area contributed by atoms with Gasteiger partial charge in [0.25, 0.3) is 0 Å². The first-order chi connectivity index (χ1) is 11.9. The number of nitrogens with zero attached hydrogens (tertiary/aromatic N) is 4. The summed E-state index contributed by atoms with van der Waals surface area (Å²) in [7, 11) is 0. The number of halogens is 1. The Labute approximate surface area is 152 Å². The van der Waals surface area contributed by atoms with E-state index in [9.17, 15) is 0 Å². The molecule has 0 unspecified atom stereocenters. The number of hydrogen-bond acceptors (Lipinski definition) is 4. The van der Waals surface area contributed by atoms with Crippen molar-refractivity contribution in [3.05, 3.63) is 29.3 Å². The van der Waals surface area contributed by atoms with Crippen molar-refractivity contribution in [2.75, 3.05) is 13.1 Å². The molecule has 25 heavy (non-hydrogen) atoms. The van der Waals surface area contributed by atoms with Crippen molar-refractivity contribution in [2.45, 2.75) is 32.2 Å². The number of hydrogen-bond donors (Lipinski definition) is 2. The van der Waals surface area contributed by atoms with E-state index >= 15 is 0 Å². The second-order valence-electron chi connectivity index (χ2n) is 6.74. The standard InChI is InChI=1S/C18H23ClN6/c1-12(25-10-8-18(2,20)9-11-25)22-17-16(21-3)15(23-24-17)13-4-6-14(19)7-5-13/h4-7H,3,8-11,20H2,1-2H3,(H,23,24). The predicted molar refractivity (Wildman–Crippen MR) is 104 cm³/mol. The molecule has 1 aliphatic rings. The van der Waals surface area contributed by atoms with Gasteiger partial charge >= 0.3 is 0 Å². The first-order valence-electron chi connectivity index (χ1n) is 8.30. The molecule has 0 bridgehead atoms. The van der Waals surface area contributed by atoms with Crippen LogP contribution in [0.2, 0.25) is 5.02 Å². The molecular formula is C18H23ClN6. The zero-order chi connectivity index (χ0) is 18.0. The fraction of sp³-hybridized carbons (Fsp3) is 0.389. The molecule has 0 atom stereocenters. The number of rotatable bonds is 3. The Morgan fingerprint density at radius 2 is 1.96 bits per heavy atom. The molecule has 1 fully saturated rings. The molecule has 1 aromatic heterocycles. The molecule has 0 saturated carbocycles. The summed E-state index contributed by atoms with van der Waals surface area (Å²) < 4.78 is 0. The minimum Gasteiger partial charge on any atom is -0.360 e. The SMILES string of the molecule is C=Nc1c(N=C(C)N2CCC(C)(N)CC2)n[nH]c1-c1ccc(Cl)cc1. The maximum absolute atomic E-state index is 6.20. The highest BCUT2D eigenvalue weighted by Gasteiger charge is 2.26. The summed E-state index contributed by atoms with van der Waals surface area (Å²) in [6, 6.07) is 7.49. The molecule has 2 heterocycles. The van der Waals surface area contributed by atoms with Crippen molar-refractivity contribution < 1.29 is 0 Å². The van der Waals surface area contributed by atoms with Crippen LogP contribution in [0.1, 0.15) is 26.7 Å². The summed E-state index contributed by atoms with van der Waals surface area (Å²) in [5.41, 5.74) is 8.48. The van der Waals surface area contributed by atoms with Crippen LogP contribution >= 0.6 is 11.6 Å². The highest BCUT2D eigenvalue weighted by atomic mass is 35.5. The molecule has 2 aromatic rings. The number of nitrogens with two attached hydrogens (primary N) is 1. The average molecular weight is 359 g/mol. The van der Waals surface area contributed by atoms with E-state index < -0.39 is 0 Å². The third kappa shape index (κ3) is 3.91. The predicted octanol–water partition coefficient (Wildman–Crippen LogP) is 3.93. The zero-order valence-corrected chi connectivity index (χ0v) is 15.3. The van der Waals surface area contributed by atoms with Gasteiger partial charge in [-0.1, -0.05) is 23.7 Å². The lowest BCUT2D eigenvalue weighted by molar-refractivity contribution is 0.244. The first kappa shape index (κ1) is 17.6. The average Bonchev–Trinajstić information content (AvgIpc) is 2.98. The molecule has 0 aliphatic carbocycles. The summed E-state index contributed by atoms with van der Waals surface area (Å²) >= 11 is 5.96. The van der Waals surface area contributed by atoms with Crippen LogP contribution in [-0.4, -0.2) is 46.3 Å². The van der Waals surface area contributed by atoms with E-state index in [1.165, 1.54) is 0 Å². The Balaban J connectivity index is 1.85. The Bertz CT molecular complexity index is 780. The van der Waals surface area contributed by atoms with Gasteiger partial charge in [0, 0.05) is 29.2 Å². The van der Waals surface area contributed by atoms with E-state index in [1.54, 1.807) is 0 Å². The van der Waals surface area contributed by atoms with E-state index in [2.05, 4.69) is 38.7 Å². The zero-order valence-electron chi connectivity index (χ0n) is 14.6. The molecule has 3 N–H and O–H groups in total. The number of likely N-dealkylation sites (tertiary alicyclic amines) is 1. The van der Waals surface area contributed by atoms with Crippen molar-refractivity contribution in [1.82, 2.24) is 15.1 Å². The Morgan fingerprint density at radius 1 is 1.32 bits per heavy atom. The number of aromatic amines is 1. The maximum atomic E-state index is 6.20. The molecule has 7 heteroatoms. The molecule has 0 radical (unpaired) electrons. The molecule has 132 valence electrons. The topological polar surface area (TPSA) is 82.7 Å². The number of amidine groups is 1. The van der Waals surface area contributed by atoms with Gasteiger partial charge < -0.3 is 10.6 Å². The molecule has 0 amide bonds. The van der Waals surface area contributed by atoms with Crippen molar-refractivity contribution in [3.63, 3.8) is 0 Å². The van der Waals surface area contributed by atoms with Gasteiger partial charge in [-0.3, -0.25) is 10.1 Å². The number of piperidine rings is 1. The van der Waals surface area contributed by atoms with Crippen LogP contribution in [0.15, 0.2) is 34.3 Å². The highest BCUT2D eigenvalue weighted by molar-refractivity contribution is 6.30. The van der Waals surface area contributed by atoms with E-state index in [4.69, 9.17) is 17.3 Å². The molecule has 6 nitrogen and oxygen atoms in total. The van der Waals surface area contributed by atoms with E-state index in [0.29, 0.717) is 16.5 Å². The van der Waals surface area contributed by atoms with Crippen LogP contribution in [-0.2, 0) is 0 Å². The summed E-state index contributed by atoms with van der Waals surface area (Å²) in [6.07, 6.45) is 1.89. The minimum absolute atomic E-state index is 0.0846. The second-order valence-corrected chi connectivity index (χ2v) is 7.17. The van der Waals surface area contributed by atoms with Crippen LogP contribution in [0.4, 0.5) is 11.5 Å². The number of benzene rings is 1. The van der Waals surface area contributed by atoms with Gasteiger partial charge in [0.15, 0.2) is 0 Å². The van der Waals surface area contributed by atoms with Gasteiger partial charge in [0.1, 0.15) is 11.5 Å². The van der Waals surface area contributed by atoms with Crippen LogP contribution in [0, 0.1) is 0 Å². The van der Waals surface area contributed by atoms with Crippen molar-refractivity contribution in [3.8, 4) is 11.3 Å². The lowest BCUT2D eigenvalue weighted by Crippen LogP contribution is -2.49. The monoisotopic (exact) mass is 358 g/mol. The summed E-state index contributed by atoms with van der Waals surface area (Å²) in [6.45, 7) is 9.55. The van der Waals surface area contributed by atoms with Crippen molar-refractivity contribution >= 4 is 35.7 Å². The molecule has 1 saturated heterocycles. The van der Waals surface area contributed by atoms with Crippen molar-refractivity contribution in [2.24, 2.45) is 15.7 Å². The number of nitrogens with one attached hydrogen (secondary N) is 1. The van der Waals surface area contributed by atoms with Crippen LogP contribution in [0.25, 0.3) is 11.3 Å². The van der Waals surface area contributed by atoms with E-state index in [-0.39, 0.29) is 5.54 Å². The van der Waals surface area contributed by atoms with Gasteiger partial charge in [-0.25, -0.2) is 4.99 Å². The van der Waals surface area contributed by atoms with E-state index in [1.807, 2.05) is 31.2 Å². The van der Waals surface area contributed by atoms with Crippen LogP contribution in [0.3, 0.4) is 0 Å². The van der Waals surface area contributed by atoms with Crippen LogP contribution in [0.5, 0.6) is 0 Å². The third-order valence-corrected chi connectivity index (χ3v) is 4.90. The molecule has 1 aromatic carbocycles. The van der Waals surface area contributed by atoms with Gasteiger partial charge in [-0.2, -0.15) is 5.10 Å². The Hall–Kier alpha value is -2.18. The summed E-state index contributed by atoms with van der Waals surface area (Å²) in [5, 5.41) is 8.01. The van der Waals surface area contributed by atoms with E-state index in [0.717, 1.165) is 43.0 Å². The maximum Gasteiger partial charge on any atom is 0.201 e. The molecule has 1 aliphatic heterocycles. The summed E-state index contributed by atoms with van der Waals surface area (Å²) in [4.78, 5) is 11.0. The number of aliphatic imine (C=N–C) groups is 2. The Morgan fingerprint density at radius 3 is 2.56 bits per heavy atom. The number of H-pyrrole nitrogens is 1. The lowest BCUT2D eigenvalue weighted by Gasteiger charge is -2.37. The second kappa shape index (κ2) is 6.98. The quantitative estimate of drug-likeness (QED) is 0.644. The van der Waals surface area contributed by atoms with Gasteiger partial charge in [0.05, 0.1) is 5.69 Å². The summed E-state index contributed by atoms with van der Waals surface area (Å²) in [5.74, 6) is 1.45. The lowest BCUT2D eigenvalue weighted by atomic mass is 9.91. The fourth-order valence-corrected chi connectivity index (χ4v) is 3.06. The largest absolute Gasteiger partial charge is 0.360 e. The molecular weight excluding hydrogens is 336 g/mol. The molecule has 0 spiro atoms. The van der Waals surface area contributed by atoms with Gasteiger partial charge in [-0.15, -0.1) is 0 Å². The normalized spacial score (nSPS) is 17.6. The number of aromatic nitrogens is 2. The smallest absolute Gasteiger partial charge is 0.201 e. The minimum atomic E-state index is -0.0846. The van der Waals surface area contributed by atoms with Gasteiger partial charge in [-0.05, 0) is 45.5 Å². The molecule has 3 rings (SSSR count). The Kier molecular flexibility index (Phi) is 4.92. The van der Waals surface area contributed by atoms with Crippen molar-refractivity contribution in [1.29, 1.82) is 0 Å². The third-order valence-electron chi connectivity index (χ3n) is 4.64. The van der Waals surface area contributed by atoms with Gasteiger partial charge in [0.2, 0.25) is 5.82 Å². The highest BCUT2D eigenvalue weighted by Crippen LogP contribution is 2.36. The first-order valence-corrected chi connectivity index (χ1v) is 8.67.